The van der Waals surface area contributed by atoms with Crippen molar-refractivity contribution in [3.05, 3.63) is 39.9 Å². The van der Waals surface area contributed by atoms with Gasteiger partial charge in [-0.25, -0.2) is 4.39 Å². The van der Waals surface area contributed by atoms with Gasteiger partial charge in [-0.1, -0.05) is 0 Å². The van der Waals surface area contributed by atoms with Crippen molar-refractivity contribution >= 4 is 22.5 Å². The Hall–Kier alpha value is -2.29. The molecule has 1 aromatic carbocycles. The van der Waals surface area contributed by atoms with Crippen LogP contribution in [0, 0.1) is 5.82 Å². The van der Waals surface area contributed by atoms with Crippen molar-refractivity contribution in [2.75, 3.05) is 59.9 Å². The van der Waals surface area contributed by atoms with Crippen LogP contribution in [-0.4, -0.2) is 70.4 Å². The first-order chi connectivity index (χ1) is 15.4. The summed E-state index contributed by atoms with van der Waals surface area (Å²) in [6.45, 7) is 8.54. The Morgan fingerprint density at radius 3 is 2.56 bits per heavy atom. The molecule has 1 saturated heterocycles. The van der Waals surface area contributed by atoms with Crippen LogP contribution in [0.15, 0.2) is 23.1 Å². The minimum atomic E-state index is -0.381. The van der Waals surface area contributed by atoms with Gasteiger partial charge in [0, 0.05) is 36.7 Å². The van der Waals surface area contributed by atoms with E-state index in [-0.39, 0.29) is 28.8 Å². The number of fused-ring (bicyclic) bond motifs is 1. The lowest BCUT2D eigenvalue weighted by Gasteiger charge is -2.29. The Bertz CT molecular complexity index is 1040. The maximum Gasteiger partial charge on any atom is 0.256 e. The third-order valence-corrected chi connectivity index (χ3v) is 6.89. The van der Waals surface area contributed by atoms with Crippen LogP contribution in [0.4, 0.5) is 10.1 Å². The molecule has 7 nitrogen and oxygen atoms in total. The zero-order chi connectivity index (χ0) is 22.8. The molecule has 1 aromatic heterocycles. The number of nitrogens with one attached hydrogen (secondary N) is 4. The summed E-state index contributed by atoms with van der Waals surface area (Å²) in [5, 5.41) is 3.17. The lowest BCUT2D eigenvalue weighted by molar-refractivity contribution is -0.985. The Balaban J connectivity index is 1.65. The number of aromatic nitrogens is 1. The molecule has 0 atom stereocenters. The largest absolute Gasteiger partial charge is 0.352 e. The number of rotatable bonds is 8. The Kier molecular flexibility index (Phi) is 6.93. The molecule has 174 valence electrons. The number of hydrogen-bond acceptors (Lipinski definition) is 2. The highest BCUT2D eigenvalue weighted by atomic mass is 19.1. The van der Waals surface area contributed by atoms with Crippen LogP contribution < -0.4 is 25.4 Å². The van der Waals surface area contributed by atoms with Gasteiger partial charge in [-0.2, -0.15) is 0 Å². The number of carbonyl (C=O) groups is 1. The summed E-state index contributed by atoms with van der Waals surface area (Å²) in [5.74, 6) is -0.716. The summed E-state index contributed by atoms with van der Waals surface area (Å²) < 4.78 is 17.2. The quantitative estimate of drug-likeness (QED) is 0.361. The topological polar surface area (TPSA) is 64.4 Å². The number of nitrogens with zero attached hydrogens (tertiary/aromatic N) is 1. The van der Waals surface area contributed by atoms with E-state index in [4.69, 9.17) is 0 Å². The standard InChI is InChI=1S/C24H34FN5O2/c1-4-28-10-12-29(13-11-28)22-15-21-18(14-20(22)25)23(31)19(16-30(21)17-6-7-17)24(32)26-8-5-9-27(2)3/h14-17H,4-13H2,1-3H3,(H,26,32)/p+3. The monoisotopic (exact) mass is 446 g/mol. The maximum absolute atomic E-state index is 15.2. The molecular formula is C24H37FN5O2+3. The highest BCUT2D eigenvalue weighted by molar-refractivity contribution is 5.97. The fraction of sp³-hybridized carbons (Fsp3) is 0.583. The van der Waals surface area contributed by atoms with Gasteiger partial charge in [0.25, 0.3) is 5.91 Å². The maximum atomic E-state index is 15.2. The van der Waals surface area contributed by atoms with E-state index in [0.717, 1.165) is 68.9 Å². The molecule has 2 aliphatic rings. The molecule has 2 aromatic rings. The molecule has 0 unspecified atom stereocenters. The number of quaternary nitrogens is 3. The second-order valence-corrected chi connectivity index (χ2v) is 9.63. The van der Waals surface area contributed by atoms with E-state index in [1.807, 2.05) is 10.6 Å². The number of piperazine rings is 1. The zero-order valence-electron chi connectivity index (χ0n) is 19.5. The van der Waals surface area contributed by atoms with Crippen molar-refractivity contribution in [3.8, 4) is 0 Å². The highest BCUT2D eigenvalue weighted by Gasteiger charge is 2.30. The third-order valence-electron chi connectivity index (χ3n) is 6.89. The summed E-state index contributed by atoms with van der Waals surface area (Å²) in [6.07, 6.45) is 4.57. The van der Waals surface area contributed by atoms with Crippen molar-refractivity contribution in [3.63, 3.8) is 0 Å². The molecule has 2 fully saturated rings. The van der Waals surface area contributed by atoms with Gasteiger partial charge < -0.3 is 19.7 Å². The van der Waals surface area contributed by atoms with E-state index in [9.17, 15) is 9.59 Å². The van der Waals surface area contributed by atoms with Gasteiger partial charge in [-0.05, 0) is 25.8 Å². The zero-order valence-corrected chi connectivity index (χ0v) is 19.5. The van der Waals surface area contributed by atoms with Crippen LogP contribution in [0.2, 0.25) is 0 Å². The van der Waals surface area contributed by atoms with E-state index < -0.39 is 0 Å². The minimum Gasteiger partial charge on any atom is -0.352 e. The Labute approximate surface area is 188 Å². The fourth-order valence-corrected chi connectivity index (χ4v) is 4.72. The number of pyridine rings is 1. The van der Waals surface area contributed by atoms with E-state index >= 15 is 4.39 Å². The average molecular weight is 447 g/mol. The van der Waals surface area contributed by atoms with Gasteiger partial charge in [0.05, 0.1) is 32.7 Å². The smallest absolute Gasteiger partial charge is 0.256 e. The van der Waals surface area contributed by atoms with Crippen LogP contribution in [0.5, 0.6) is 0 Å². The van der Waals surface area contributed by atoms with Crippen LogP contribution in [0.1, 0.15) is 42.6 Å². The van der Waals surface area contributed by atoms with E-state index in [2.05, 4.69) is 26.3 Å². The molecule has 32 heavy (non-hydrogen) atoms. The lowest BCUT2D eigenvalue weighted by Crippen LogP contribution is -3.26. The van der Waals surface area contributed by atoms with Crippen molar-refractivity contribution in [2.24, 2.45) is 0 Å². The first-order valence-electron chi connectivity index (χ1n) is 12.0. The SMILES string of the molecule is CC[NH+]1CC[NH+](c2cc3c(cc2F)c(=O)c(C(=O)NCCC[NH+](C)C)cn3C2CC2)CC1. The molecule has 0 spiro atoms. The predicted molar refractivity (Wildman–Crippen MR) is 123 cm³/mol. The van der Waals surface area contributed by atoms with E-state index in [0.29, 0.717) is 17.6 Å². The van der Waals surface area contributed by atoms with E-state index in [1.54, 1.807) is 11.1 Å². The number of likely N-dealkylation sites (N-methyl/N-ethyl adjacent to an activating group) is 1. The first-order valence-corrected chi connectivity index (χ1v) is 12.0. The highest BCUT2D eigenvalue weighted by Crippen LogP contribution is 2.37. The van der Waals surface area contributed by atoms with Gasteiger partial charge in [0.2, 0.25) is 5.43 Å². The van der Waals surface area contributed by atoms with Gasteiger partial charge in [0.1, 0.15) is 31.7 Å². The summed E-state index contributed by atoms with van der Waals surface area (Å²) in [5.41, 5.74) is 1.12. The number of amides is 1. The number of hydrogen-bond donors (Lipinski definition) is 4. The number of carbonyl (C=O) groups excluding carboxylic acids is 1. The summed E-state index contributed by atoms with van der Waals surface area (Å²) in [4.78, 5) is 29.9. The molecule has 1 aliphatic carbocycles. The van der Waals surface area contributed by atoms with Gasteiger partial charge in [0.15, 0.2) is 11.5 Å². The summed E-state index contributed by atoms with van der Waals surface area (Å²) >= 11 is 0. The molecule has 1 amide bonds. The average Bonchev–Trinajstić information content (AvgIpc) is 3.62. The van der Waals surface area contributed by atoms with Gasteiger partial charge >= 0.3 is 0 Å². The molecule has 0 radical (unpaired) electrons. The number of benzene rings is 1. The molecule has 4 rings (SSSR count). The molecule has 8 heteroatoms. The van der Waals surface area contributed by atoms with Crippen molar-refractivity contribution in [2.45, 2.75) is 32.2 Å². The molecule has 1 saturated carbocycles. The molecular weight excluding hydrogens is 409 g/mol. The first kappa shape index (κ1) is 22.9. The van der Waals surface area contributed by atoms with Crippen LogP contribution in [0.3, 0.4) is 0 Å². The second kappa shape index (κ2) is 9.68. The minimum absolute atomic E-state index is 0.112. The third kappa shape index (κ3) is 4.87. The fourth-order valence-electron chi connectivity index (χ4n) is 4.72. The Morgan fingerprint density at radius 2 is 1.94 bits per heavy atom. The molecule has 2 heterocycles. The van der Waals surface area contributed by atoms with Crippen molar-refractivity contribution in [1.29, 1.82) is 0 Å². The molecule has 1 aliphatic heterocycles. The molecule has 0 bridgehead atoms. The van der Waals surface area contributed by atoms with Crippen molar-refractivity contribution in [1.82, 2.24) is 9.88 Å². The molecule has 4 N–H and O–H groups in total. The van der Waals surface area contributed by atoms with Crippen LogP contribution >= 0.6 is 0 Å². The summed E-state index contributed by atoms with van der Waals surface area (Å²) in [7, 11) is 4.13. The van der Waals surface area contributed by atoms with E-state index in [1.165, 1.54) is 11.0 Å². The predicted octanol–water partition coefficient (Wildman–Crippen LogP) is -1.83. The van der Waals surface area contributed by atoms with Gasteiger partial charge in [-0.15, -0.1) is 0 Å². The van der Waals surface area contributed by atoms with Gasteiger partial charge in [-0.3, -0.25) is 14.5 Å². The van der Waals surface area contributed by atoms with Crippen LogP contribution in [-0.2, 0) is 0 Å². The second-order valence-electron chi connectivity index (χ2n) is 9.63. The normalized spacial score (nSPS) is 21.3. The number of halogens is 1. The van der Waals surface area contributed by atoms with Crippen LogP contribution in [0.25, 0.3) is 10.9 Å². The summed E-state index contributed by atoms with van der Waals surface area (Å²) in [6, 6.07) is 3.50. The van der Waals surface area contributed by atoms with Crippen molar-refractivity contribution < 1.29 is 23.9 Å². The lowest BCUT2D eigenvalue weighted by atomic mass is 10.1. The Morgan fingerprint density at radius 1 is 1.22 bits per heavy atom.